The maximum absolute atomic E-state index is 11.4. The average molecular weight is 207 g/mol. The first kappa shape index (κ1) is 11.4. The van der Waals surface area contributed by atoms with Gasteiger partial charge < -0.3 is 16.0 Å². The number of nitrogens with two attached hydrogens (primary N) is 1. The summed E-state index contributed by atoms with van der Waals surface area (Å²) in [5.74, 6) is 0. The number of rotatable bonds is 1. The van der Waals surface area contributed by atoms with Gasteiger partial charge in [0.15, 0.2) is 0 Å². The van der Waals surface area contributed by atoms with E-state index in [1.807, 2.05) is 19.9 Å². The van der Waals surface area contributed by atoms with Crippen LogP contribution in [0.2, 0.25) is 0 Å². The van der Waals surface area contributed by atoms with Crippen LogP contribution in [-0.2, 0) is 0 Å². The molecule has 0 saturated heterocycles. The quantitative estimate of drug-likeness (QED) is 0.692. The Morgan fingerprint density at radius 2 is 1.87 bits per heavy atom. The molecular formula is C11H17N3O. The number of hydrogen-bond donors (Lipinski definition) is 2. The number of carbonyl (C=O) groups is 1. The van der Waals surface area contributed by atoms with Crippen LogP contribution >= 0.6 is 0 Å². The van der Waals surface area contributed by atoms with Crippen molar-refractivity contribution in [3.8, 4) is 0 Å². The van der Waals surface area contributed by atoms with Gasteiger partial charge in [0.05, 0.1) is 0 Å². The first-order valence-corrected chi connectivity index (χ1v) is 4.77. The first-order valence-electron chi connectivity index (χ1n) is 4.77. The van der Waals surface area contributed by atoms with Crippen LogP contribution in [0.4, 0.5) is 16.2 Å². The number of nitrogens with zero attached hydrogens (tertiary/aromatic N) is 1. The van der Waals surface area contributed by atoms with E-state index >= 15 is 0 Å². The second-order valence-corrected chi connectivity index (χ2v) is 3.85. The van der Waals surface area contributed by atoms with Crippen LogP contribution in [0.15, 0.2) is 12.1 Å². The molecule has 1 aromatic rings. The Morgan fingerprint density at radius 3 is 2.40 bits per heavy atom. The Hall–Kier alpha value is -1.71. The number of anilines is 2. The van der Waals surface area contributed by atoms with Crippen molar-refractivity contribution < 1.29 is 4.79 Å². The Balaban J connectivity index is 2.96. The molecule has 0 atom stereocenters. The van der Waals surface area contributed by atoms with Crippen molar-refractivity contribution in [3.63, 3.8) is 0 Å². The van der Waals surface area contributed by atoms with E-state index in [0.29, 0.717) is 5.69 Å². The lowest BCUT2D eigenvalue weighted by molar-refractivity contribution is 0.230. The predicted octanol–water partition coefficient (Wildman–Crippen LogP) is 1.98. The normalized spacial score (nSPS) is 9.87. The summed E-state index contributed by atoms with van der Waals surface area (Å²) in [6, 6.07) is 3.59. The van der Waals surface area contributed by atoms with Crippen LogP contribution in [0.25, 0.3) is 0 Å². The zero-order valence-electron chi connectivity index (χ0n) is 9.59. The third-order valence-electron chi connectivity index (χ3n) is 2.26. The van der Waals surface area contributed by atoms with Crippen molar-refractivity contribution in [3.05, 3.63) is 23.3 Å². The minimum atomic E-state index is -0.152. The summed E-state index contributed by atoms with van der Waals surface area (Å²) in [4.78, 5) is 12.9. The molecule has 0 aliphatic heterocycles. The van der Waals surface area contributed by atoms with E-state index in [-0.39, 0.29) is 6.03 Å². The highest BCUT2D eigenvalue weighted by Crippen LogP contribution is 2.22. The zero-order valence-corrected chi connectivity index (χ0v) is 9.59. The molecule has 0 fully saturated rings. The van der Waals surface area contributed by atoms with Crippen LogP contribution in [-0.4, -0.2) is 25.0 Å². The Labute approximate surface area is 90.1 Å². The number of nitrogens with one attached hydrogen (secondary N) is 1. The van der Waals surface area contributed by atoms with Crippen LogP contribution in [0, 0.1) is 13.8 Å². The van der Waals surface area contributed by atoms with E-state index in [1.165, 1.54) is 4.90 Å². The molecule has 4 heteroatoms. The number of hydrogen-bond acceptors (Lipinski definition) is 2. The standard InChI is InChI=1S/C11H17N3O/c1-7-5-8(2)10(6-9(7)12)13-11(15)14(3)4/h5-6H,12H2,1-4H3,(H,13,15). The molecule has 1 rings (SSSR count). The summed E-state index contributed by atoms with van der Waals surface area (Å²) in [6.07, 6.45) is 0. The van der Waals surface area contributed by atoms with Crippen LogP contribution in [0.5, 0.6) is 0 Å². The molecule has 2 amide bonds. The SMILES string of the molecule is Cc1cc(C)c(NC(=O)N(C)C)cc1N. The van der Waals surface area contributed by atoms with Gasteiger partial charge in [0.2, 0.25) is 0 Å². The van der Waals surface area contributed by atoms with E-state index in [0.717, 1.165) is 16.8 Å². The minimum Gasteiger partial charge on any atom is -0.398 e. The monoisotopic (exact) mass is 207 g/mol. The number of carbonyl (C=O) groups excluding carboxylic acids is 1. The summed E-state index contributed by atoms with van der Waals surface area (Å²) < 4.78 is 0. The Morgan fingerprint density at radius 1 is 1.27 bits per heavy atom. The third-order valence-corrected chi connectivity index (χ3v) is 2.26. The highest BCUT2D eigenvalue weighted by molar-refractivity contribution is 5.90. The van der Waals surface area contributed by atoms with Crippen molar-refractivity contribution in [2.24, 2.45) is 0 Å². The van der Waals surface area contributed by atoms with E-state index in [1.54, 1.807) is 20.2 Å². The maximum Gasteiger partial charge on any atom is 0.321 e. The predicted molar refractivity (Wildman–Crippen MR) is 63.0 cm³/mol. The van der Waals surface area contributed by atoms with Gasteiger partial charge in [-0.3, -0.25) is 0 Å². The zero-order chi connectivity index (χ0) is 11.6. The lowest BCUT2D eigenvalue weighted by atomic mass is 10.1. The van der Waals surface area contributed by atoms with Gasteiger partial charge in [0.25, 0.3) is 0 Å². The first-order chi connectivity index (χ1) is 6.91. The summed E-state index contributed by atoms with van der Waals surface area (Å²) in [5.41, 5.74) is 9.26. The van der Waals surface area contributed by atoms with E-state index < -0.39 is 0 Å². The number of amides is 2. The fraction of sp³-hybridized carbons (Fsp3) is 0.364. The van der Waals surface area contributed by atoms with E-state index in [4.69, 9.17) is 5.73 Å². The molecule has 0 unspecified atom stereocenters. The van der Waals surface area contributed by atoms with Gasteiger partial charge in [0, 0.05) is 25.5 Å². The van der Waals surface area contributed by atoms with Gasteiger partial charge in [-0.1, -0.05) is 6.07 Å². The minimum absolute atomic E-state index is 0.152. The Bertz CT molecular complexity index is 386. The van der Waals surface area contributed by atoms with Gasteiger partial charge >= 0.3 is 6.03 Å². The maximum atomic E-state index is 11.4. The number of aryl methyl sites for hydroxylation is 2. The van der Waals surface area contributed by atoms with Gasteiger partial charge in [-0.15, -0.1) is 0 Å². The molecule has 1 aromatic carbocycles. The summed E-state index contributed by atoms with van der Waals surface area (Å²) >= 11 is 0. The van der Waals surface area contributed by atoms with Crippen LogP contribution in [0.3, 0.4) is 0 Å². The highest BCUT2D eigenvalue weighted by Gasteiger charge is 2.07. The summed E-state index contributed by atoms with van der Waals surface area (Å²) in [6.45, 7) is 3.89. The number of nitrogen functional groups attached to an aromatic ring is 1. The largest absolute Gasteiger partial charge is 0.398 e. The second-order valence-electron chi connectivity index (χ2n) is 3.85. The van der Waals surface area contributed by atoms with Gasteiger partial charge in [-0.25, -0.2) is 4.79 Å². The smallest absolute Gasteiger partial charge is 0.321 e. The van der Waals surface area contributed by atoms with Crippen molar-refractivity contribution in [1.29, 1.82) is 0 Å². The Kier molecular flexibility index (Phi) is 3.19. The number of benzene rings is 1. The van der Waals surface area contributed by atoms with Crippen molar-refractivity contribution in [1.82, 2.24) is 4.90 Å². The summed E-state index contributed by atoms with van der Waals surface area (Å²) in [5, 5.41) is 2.78. The molecule has 0 aliphatic rings. The van der Waals surface area contributed by atoms with E-state index in [9.17, 15) is 4.79 Å². The molecule has 0 saturated carbocycles. The third kappa shape index (κ3) is 2.62. The molecular weight excluding hydrogens is 190 g/mol. The average Bonchev–Trinajstić information content (AvgIpc) is 2.13. The summed E-state index contributed by atoms with van der Waals surface area (Å²) in [7, 11) is 3.39. The van der Waals surface area contributed by atoms with Gasteiger partial charge in [-0.05, 0) is 31.0 Å². The molecule has 3 N–H and O–H groups in total. The lowest BCUT2D eigenvalue weighted by Gasteiger charge is -2.15. The highest BCUT2D eigenvalue weighted by atomic mass is 16.2. The molecule has 0 aliphatic carbocycles. The van der Waals surface area contributed by atoms with Gasteiger partial charge in [0.1, 0.15) is 0 Å². The van der Waals surface area contributed by atoms with Crippen molar-refractivity contribution in [2.45, 2.75) is 13.8 Å². The number of urea groups is 1. The fourth-order valence-electron chi connectivity index (χ4n) is 1.23. The van der Waals surface area contributed by atoms with Gasteiger partial charge in [-0.2, -0.15) is 0 Å². The molecule has 15 heavy (non-hydrogen) atoms. The topological polar surface area (TPSA) is 58.4 Å². The van der Waals surface area contributed by atoms with Crippen LogP contribution in [0.1, 0.15) is 11.1 Å². The van der Waals surface area contributed by atoms with Crippen molar-refractivity contribution >= 4 is 17.4 Å². The lowest BCUT2D eigenvalue weighted by Crippen LogP contribution is -2.27. The molecule has 4 nitrogen and oxygen atoms in total. The second kappa shape index (κ2) is 4.21. The molecule has 0 bridgehead atoms. The van der Waals surface area contributed by atoms with E-state index in [2.05, 4.69) is 5.32 Å². The molecule has 0 spiro atoms. The fourth-order valence-corrected chi connectivity index (χ4v) is 1.23. The van der Waals surface area contributed by atoms with Crippen LogP contribution < -0.4 is 11.1 Å². The molecule has 0 radical (unpaired) electrons. The molecule has 0 heterocycles. The molecule has 82 valence electrons. The molecule has 0 aromatic heterocycles. The van der Waals surface area contributed by atoms with Crippen molar-refractivity contribution in [2.75, 3.05) is 25.1 Å².